The molecule has 0 aliphatic heterocycles. The third-order valence-electron chi connectivity index (χ3n) is 4.41. The van der Waals surface area contributed by atoms with E-state index in [-0.39, 0.29) is 11.0 Å². The van der Waals surface area contributed by atoms with Gasteiger partial charge in [-0.2, -0.15) is 13.2 Å². The lowest BCUT2D eigenvalue weighted by molar-refractivity contribution is -0.137. The maximum Gasteiger partial charge on any atom is 0.416 e. The Labute approximate surface area is 154 Å². The van der Waals surface area contributed by atoms with Gasteiger partial charge < -0.3 is 5.11 Å². The summed E-state index contributed by atoms with van der Waals surface area (Å²) in [7, 11) is 0. The highest BCUT2D eigenvalue weighted by atomic mass is 19.4. The van der Waals surface area contributed by atoms with Gasteiger partial charge in [0.1, 0.15) is 0 Å². The molecule has 0 amide bonds. The van der Waals surface area contributed by atoms with Crippen molar-refractivity contribution in [1.82, 2.24) is 4.98 Å². The number of hydrogen-bond donors (Lipinski definition) is 1. The monoisotopic (exact) mass is 373 g/mol. The Hall–Kier alpha value is -2.89. The van der Waals surface area contributed by atoms with E-state index in [9.17, 15) is 23.1 Å². The zero-order chi connectivity index (χ0) is 20.0. The van der Waals surface area contributed by atoms with Crippen molar-refractivity contribution in [2.75, 3.05) is 0 Å². The van der Waals surface area contributed by atoms with Crippen LogP contribution in [0.5, 0.6) is 0 Å². The molecule has 0 aliphatic carbocycles. The zero-order valence-corrected chi connectivity index (χ0v) is 15.1. The summed E-state index contributed by atoms with van der Waals surface area (Å²) in [4.78, 5) is 16.2. The molecule has 27 heavy (non-hydrogen) atoms. The van der Waals surface area contributed by atoms with Crippen LogP contribution in [-0.2, 0) is 11.6 Å². The van der Waals surface area contributed by atoms with Gasteiger partial charge in [-0.15, -0.1) is 0 Å². The lowest BCUT2D eigenvalue weighted by atomic mass is 9.86. The number of fused-ring (bicyclic) bond motifs is 1. The van der Waals surface area contributed by atoms with E-state index in [2.05, 4.69) is 4.98 Å². The van der Waals surface area contributed by atoms with Crippen LogP contribution in [0.15, 0.2) is 48.5 Å². The predicted molar refractivity (Wildman–Crippen MR) is 97.8 cm³/mol. The fourth-order valence-electron chi connectivity index (χ4n) is 2.85. The summed E-state index contributed by atoms with van der Waals surface area (Å²) in [6.45, 7) is 6.08. The van der Waals surface area contributed by atoms with Gasteiger partial charge in [-0.1, -0.05) is 39.0 Å². The van der Waals surface area contributed by atoms with E-state index in [0.717, 1.165) is 17.7 Å². The standard InChI is InChI=1S/C21H18F3NO2/c1-20(2,3)14-8-9-17-15(10-14)16(19(26)27)11-18(25-17)12-4-6-13(7-5-12)21(22,23)24/h4-11H,1-3H3,(H,26,27). The predicted octanol–water partition coefficient (Wildman–Crippen LogP) is 5.92. The van der Waals surface area contributed by atoms with E-state index in [1.807, 2.05) is 32.9 Å². The normalized spacial score (nSPS) is 12.4. The molecule has 0 saturated heterocycles. The Bertz CT molecular complexity index is 1020. The molecule has 3 aromatic rings. The number of halogens is 3. The molecule has 1 heterocycles. The third-order valence-corrected chi connectivity index (χ3v) is 4.41. The minimum Gasteiger partial charge on any atom is -0.478 e. The minimum absolute atomic E-state index is 0.0704. The van der Waals surface area contributed by atoms with Gasteiger partial charge in [0.2, 0.25) is 0 Å². The molecule has 2 aromatic carbocycles. The van der Waals surface area contributed by atoms with Crippen LogP contribution in [0.4, 0.5) is 13.2 Å². The highest BCUT2D eigenvalue weighted by Gasteiger charge is 2.30. The average Bonchev–Trinajstić information content (AvgIpc) is 2.58. The first kappa shape index (κ1) is 18.9. The second kappa shape index (κ2) is 6.37. The first-order chi connectivity index (χ1) is 12.5. The van der Waals surface area contributed by atoms with Gasteiger partial charge in [0, 0.05) is 10.9 Å². The SMILES string of the molecule is CC(C)(C)c1ccc2nc(-c3ccc(C(F)(F)F)cc3)cc(C(=O)O)c2c1. The minimum atomic E-state index is -4.43. The van der Waals surface area contributed by atoms with E-state index >= 15 is 0 Å². The van der Waals surface area contributed by atoms with Crippen molar-refractivity contribution in [3.8, 4) is 11.3 Å². The van der Waals surface area contributed by atoms with Crippen LogP contribution in [-0.4, -0.2) is 16.1 Å². The summed E-state index contributed by atoms with van der Waals surface area (Å²) in [6, 6.07) is 11.4. The Morgan fingerprint density at radius 3 is 2.04 bits per heavy atom. The van der Waals surface area contributed by atoms with Crippen molar-refractivity contribution in [3.05, 3.63) is 65.2 Å². The van der Waals surface area contributed by atoms with Crippen LogP contribution in [0.1, 0.15) is 42.3 Å². The molecule has 3 nitrogen and oxygen atoms in total. The molecular weight excluding hydrogens is 355 g/mol. The molecule has 0 saturated carbocycles. The number of nitrogens with zero attached hydrogens (tertiary/aromatic N) is 1. The molecule has 140 valence electrons. The average molecular weight is 373 g/mol. The van der Waals surface area contributed by atoms with Gasteiger partial charge in [0.25, 0.3) is 0 Å². The molecule has 3 rings (SSSR count). The maximum atomic E-state index is 12.7. The van der Waals surface area contributed by atoms with Crippen LogP contribution in [0.3, 0.4) is 0 Å². The molecule has 0 fully saturated rings. The zero-order valence-electron chi connectivity index (χ0n) is 15.1. The Morgan fingerprint density at radius 1 is 0.926 bits per heavy atom. The number of carbonyl (C=O) groups is 1. The van der Waals surface area contributed by atoms with E-state index in [4.69, 9.17) is 0 Å². The Morgan fingerprint density at radius 2 is 1.52 bits per heavy atom. The Balaban J connectivity index is 2.17. The number of benzene rings is 2. The number of aromatic carboxylic acids is 1. The largest absolute Gasteiger partial charge is 0.478 e. The first-order valence-corrected chi connectivity index (χ1v) is 8.33. The molecule has 6 heteroatoms. The molecule has 1 aromatic heterocycles. The number of carboxylic acids is 1. The van der Waals surface area contributed by atoms with Crippen LogP contribution in [0.2, 0.25) is 0 Å². The van der Waals surface area contributed by atoms with Crippen LogP contribution >= 0.6 is 0 Å². The summed E-state index contributed by atoms with van der Waals surface area (Å²) in [5.41, 5.74) is 1.35. The molecule has 0 spiro atoms. The molecule has 0 radical (unpaired) electrons. The van der Waals surface area contributed by atoms with Crippen LogP contribution in [0, 0.1) is 0 Å². The molecular formula is C21H18F3NO2. The van der Waals surface area contributed by atoms with E-state index in [0.29, 0.717) is 22.2 Å². The third kappa shape index (κ3) is 3.79. The van der Waals surface area contributed by atoms with Crippen molar-refractivity contribution in [2.45, 2.75) is 32.4 Å². The number of alkyl halides is 3. The van der Waals surface area contributed by atoms with E-state index in [1.165, 1.54) is 18.2 Å². The second-order valence-corrected chi connectivity index (χ2v) is 7.42. The van der Waals surface area contributed by atoms with E-state index in [1.54, 1.807) is 6.07 Å². The van der Waals surface area contributed by atoms with Gasteiger partial charge in [0.05, 0.1) is 22.3 Å². The summed E-state index contributed by atoms with van der Waals surface area (Å²) >= 11 is 0. The number of aromatic nitrogens is 1. The highest BCUT2D eigenvalue weighted by molar-refractivity contribution is 6.04. The van der Waals surface area contributed by atoms with Crippen molar-refractivity contribution in [2.24, 2.45) is 0 Å². The molecule has 0 atom stereocenters. The Kier molecular flexibility index (Phi) is 4.46. The topological polar surface area (TPSA) is 50.2 Å². The van der Waals surface area contributed by atoms with E-state index < -0.39 is 17.7 Å². The van der Waals surface area contributed by atoms with Gasteiger partial charge in [-0.25, -0.2) is 9.78 Å². The molecule has 1 N–H and O–H groups in total. The van der Waals surface area contributed by atoms with Crippen LogP contribution < -0.4 is 0 Å². The van der Waals surface area contributed by atoms with Crippen molar-refractivity contribution in [3.63, 3.8) is 0 Å². The maximum absolute atomic E-state index is 12.7. The highest BCUT2D eigenvalue weighted by Crippen LogP contribution is 2.32. The van der Waals surface area contributed by atoms with Crippen molar-refractivity contribution >= 4 is 16.9 Å². The molecule has 0 bridgehead atoms. The van der Waals surface area contributed by atoms with Gasteiger partial charge in [-0.05, 0) is 41.3 Å². The second-order valence-electron chi connectivity index (χ2n) is 7.42. The fraction of sp³-hybridized carbons (Fsp3) is 0.238. The molecule has 0 aliphatic rings. The lowest BCUT2D eigenvalue weighted by Gasteiger charge is -2.20. The van der Waals surface area contributed by atoms with Gasteiger partial charge in [-0.3, -0.25) is 0 Å². The summed E-state index contributed by atoms with van der Waals surface area (Å²) in [5.74, 6) is -1.11. The lowest BCUT2D eigenvalue weighted by Crippen LogP contribution is -2.11. The number of rotatable bonds is 2. The summed E-state index contributed by atoms with van der Waals surface area (Å²) in [6.07, 6.45) is -4.43. The summed E-state index contributed by atoms with van der Waals surface area (Å²) < 4.78 is 38.2. The smallest absolute Gasteiger partial charge is 0.416 e. The van der Waals surface area contributed by atoms with Gasteiger partial charge in [0.15, 0.2) is 0 Å². The number of pyridine rings is 1. The molecule has 0 unspecified atom stereocenters. The number of carboxylic acid groups (broad SMARTS) is 1. The summed E-state index contributed by atoms with van der Waals surface area (Å²) in [5, 5.41) is 10.1. The van der Waals surface area contributed by atoms with Crippen molar-refractivity contribution in [1.29, 1.82) is 0 Å². The quantitative estimate of drug-likeness (QED) is 0.607. The fourth-order valence-corrected chi connectivity index (χ4v) is 2.85. The number of hydrogen-bond acceptors (Lipinski definition) is 2. The van der Waals surface area contributed by atoms with Crippen LogP contribution in [0.25, 0.3) is 22.2 Å². The first-order valence-electron chi connectivity index (χ1n) is 8.33. The van der Waals surface area contributed by atoms with Gasteiger partial charge >= 0.3 is 12.1 Å². The van der Waals surface area contributed by atoms with Crippen molar-refractivity contribution < 1.29 is 23.1 Å².